The second-order valence-electron chi connectivity index (χ2n) is 11.4. The number of nitro benzene ring substituents is 1. The molecule has 240 valence electrons. The molecule has 4 aromatic carbocycles. The minimum Gasteiger partial charge on any atom is -0.460 e. The Bertz CT molecular complexity index is 2000. The molecule has 0 amide bonds. The number of benzene rings is 4. The first-order valence-electron chi connectivity index (χ1n) is 15.4. The first-order valence-corrected chi connectivity index (χ1v) is 15.4. The van der Waals surface area contributed by atoms with Gasteiger partial charge in [0, 0.05) is 46.8 Å². The Kier molecular flexibility index (Phi) is 9.33. The van der Waals surface area contributed by atoms with E-state index in [1.165, 1.54) is 12.1 Å². The normalized spacial score (nSPS) is 15.8. The number of ether oxygens (including phenoxy) is 2. The number of nitrogens with zero attached hydrogens (tertiary/aromatic N) is 4. The third kappa shape index (κ3) is 6.82. The Labute approximate surface area is 277 Å². The van der Waals surface area contributed by atoms with Crippen LogP contribution in [0.25, 0.3) is 16.9 Å². The van der Waals surface area contributed by atoms with Crippen LogP contribution in [0.3, 0.4) is 0 Å². The van der Waals surface area contributed by atoms with Gasteiger partial charge in [0.05, 0.1) is 21.9 Å². The second kappa shape index (κ2) is 14.1. The van der Waals surface area contributed by atoms with E-state index in [2.05, 4.69) is 4.99 Å². The summed E-state index contributed by atoms with van der Waals surface area (Å²) in [5.41, 5.74) is 4.90. The van der Waals surface area contributed by atoms with E-state index in [0.29, 0.717) is 28.2 Å². The number of aromatic nitrogens is 2. The minimum atomic E-state index is -0.998. The molecule has 2 unspecified atom stereocenters. The lowest BCUT2D eigenvalue weighted by Crippen LogP contribution is -2.36. The van der Waals surface area contributed by atoms with Gasteiger partial charge in [0.15, 0.2) is 0 Å². The lowest BCUT2D eigenvalue weighted by atomic mass is 9.75. The summed E-state index contributed by atoms with van der Waals surface area (Å²) in [6.45, 7) is 3.51. The predicted octanol–water partition coefficient (Wildman–Crippen LogP) is 7.38. The van der Waals surface area contributed by atoms with Crippen molar-refractivity contribution in [3.8, 4) is 16.9 Å². The van der Waals surface area contributed by atoms with Gasteiger partial charge in [-0.3, -0.25) is 19.9 Å². The highest BCUT2D eigenvalue weighted by molar-refractivity contribution is 6.07. The van der Waals surface area contributed by atoms with Crippen LogP contribution in [0.5, 0.6) is 0 Å². The monoisotopic (exact) mass is 640 g/mol. The maximum Gasteiger partial charge on any atom is 0.336 e. The number of nitro groups is 1. The fourth-order valence-electron chi connectivity index (χ4n) is 5.86. The molecular weight excluding hydrogens is 608 g/mol. The zero-order valence-electron chi connectivity index (χ0n) is 26.4. The number of carbonyl (C=O) groups is 2. The van der Waals surface area contributed by atoms with Crippen LogP contribution in [-0.2, 0) is 32.3 Å². The van der Waals surface area contributed by atoms with Gasteiger partial charge in [-0.2, -0.15) is 5.10 Å². The van der Waals surface area contributed by atoms with Crippen LogP contribution in [-0.4, -0.2) is 32.4 Å². The molecule has 0 saturated heterocycles. The Morgan fingerprint density at radius 1 is 0.792 bits per heavy atom. The molecule has 10 nitrogen and oxygen atoms in total. The van der Waals surface area contributed by atoms with E-state index in [4.69, 9.17) is 14.6 Å². The van der Waals surface area contributed by atoms with Crippen LogP contribution in [0, 0.1) is 16.0 Å². The largest absolute Gasteiger partial charge is 0.460 e. The third-order valence-corrected chi connectivity index (χ3v) is 8.19. The molecule has 0 bridgehead atoms. The molecule has 1 aliphatic heterocycles. The summed E-state index contributed by atoms with van der Waals surface area (Å²) >= 11 is 0. The molecule has 1 aromatic heterocycles. The van der Waals surface area contributed by atoms with E-state index in [0.717, 1.165) is 16.8 Å². The Balaban J connectivity index is 1.48. The first kappa shape index (κ1) is 31.8. The zero-order valence-corrected chi connectivity index (χ0v) is 26.4. The lowest BCUT2D eigenvalue weighted by molar-refractivity contribution is -0.384. The van der Waals surface area contributed by atoms with Crippen LogP contribution >= 0.6 is 0 Å². The average Bonchev–Trinajstić information content (AvgIpc) is 3.56. The number of aliphatic imine (C=N–C) groups is 1. The van der Waals surface area contributed by atoms with E-state index in [-0.39, 0.29) is 24.5 Å². The number of esters is 2. The highest BCUT2D eigenvalue weighted by atomic mass is 16.6. The Morgan fingerprint density at radius 3 is 1.94 bits per heavy atom. The molecule has 5 aromatic rings. The number of rotatable bonds is 10. The van der Waals surface area contributed by atoms with Crippen molar-refractivity contribution in [2.75, 3.05) is 0 Å². The molecule has 6 rings (SSSR count). The van der Waals surface area contributed by atoms with Crippen molar-refractivity contribution in [2.45, 2.75) is 33.0 Å². The van der Waals surface area contributed by atoms with Crippen molar-refractivity contribution in [1.82, 2.24) is 9.78 Å². The van der Waals surface area contributed by atoms with Gasteiger partial charge in [-0.25, -0.2) is 9.48 Å². The van der Waals surface area contributed by atoms with Gasteiger partial charge in [0.1, 0.15) is 19.1 Å². The van der Waals surface area contributed by atoms with E-state index in [1.807, 2.05) is 91.0 Å². The molecule has 0 fully saturated rings. The second-order valence-corrected chi connectivity index (χ2v) is 11.4. The number of allylic oxidation sites excluding steroid dienone is 1. The Hall–Kier alpha value is -6.16. The van der Waals surface area contributed by atoms with Gasteiger partial charge in [0.25, 0.3) is 5.69 Å². The lowest BCUT2D eigenvalue weighted by Gasteiger charge is -2.31. The summed E-state index contributed by atoms with van der Waals surface area (Å²) in [4.78, 5) is 43.8. The maximum atomic E-state index is 14.1. The van der Waals surface area contributed by atoms with Gasteiger partial charge >= 0.3 is 11.9 Å². The fraction of sp³-hybridized carbons (Fsp3) is 0.158. The smallest absolute Gasteiger partial charge is 0.336 e. The van der Waals surface area contributed by atoms with Gasteiger partial charge in [0.2, 0.25) is 0 Å². The molecule has 0 spiro atoms. The van der Waals surface area contributed by atoms with Crippen LogP contribution in [0.4, 0.5) is 5.69 Å². The summed E-state index contributed by atoms with van der Waals surface area (Å²) in [5.74, 6) is -3.09. The zero-order chi connectivity index (χ0) is 33.6. The van der Waals surface area contributed by atoms with Crippen LogP contribution in [0.15, 0.2) is 138 Å². The van der Waals surface area contributed by atoms with Gasteiger partial charge in [-0.15, -0.1) is 0 Å². The molecule has 0 saturated carbocycles. The molecule has 48 heavy (non-hydrogen) atoms. The highest BCUT2D eigenvalue weighted by Gasteiger charge is 2.44. The number of hydrogen-bond donors (Lipinski definition) is 0. The van der Waals surface area contributed by atoms with Gasteiger partial charge in [-0.05, 0) is 49.2 Å². The van der Waals surface area contributed by atoms with Crippen molar-refractivity contribution in [1.29, 1.82) is 0 Å². The SMILES string of the molecule is CC1=NC(C)=C(C(=O)OCc2ccccc2)C(c2cn(-c3ccccc3)nc2-c2ccc([N+](=O)[O-])cc2)C1C(=O)OCc1ccccc1. The number of non-ortho nitro benzene ring substituents is 1. The first-order chi connectivity index (χ1) is 23.3. The van der Waals surface area contributed by atoms with Crippen LogP contribution in [0.2, 0.25) is 0 Å². The predicted molar refractivity (Wildman–Crippen MR) is 180 cm³/mol. The molecule has 2 heterocycles. The van der Waals surface area contributed by atoms with Gasteiger partial charge < -0.3 is 9.47 Å². The molecule has 0 aliphatic carbocycles. The highest BCUT2D eigenvalue weighted by Crippen LogP contribution is 2.44. The average molecular weight is 641 g/mol. The molecule has 0 radical (unpaired) electrons. The molecule has 0 N–H and O–H groups in total. The van der Waals surface area contributed by atoms with E-state index < -0.39 is 28.7 Å². The van der Waals surface area contributed by atoms with Crippen molar-refractivity contribution >= 4 is 23.3 Å². The number of para-hydroxylation sites is 1. The number of carbonyl (C=O) groups excluding carboxylic acids is 2. The summed E-state index contributed by atoms with van der Waals surface area (Å²) < 4.78 is 13.4. The summed E-state index contributed by atoms with van der Waals surface area (Å²) in [6, 6.07) is 34.0. The number of hydrogen-bond acceptors (Lipinski definition) is 8. The molecule has 1 aliphatic rings. The van der Waals surface area contributed by atoms with Crippen molar-refractivity contribution in [3.63, 3.8) is 0 Å². The van der Waals surface area contributed by atoms with Crippen molar-refractivity contribution in [2.24, 2.45) is 10.9 Å². The topological polar surface area (TPSA) is 126 Å². The quantitative estimate of drug-likeness (QED) is 0.0886. The summed E-state index contributed by atoms with van der Waals surface area (Å²) in [6.07, 6.45) is 1.78. The summed E-state index contributed by atoms with van der Waals surface area (Å²) in [7, 11) is 0. The Morgan fingerprint density at radius 2 is 1.35 bits per heavy atom. The van der Waals surface area contributed by atoms with E-state index >= 15 is 0 Å². The van der Waals surface area contributed by atoms with Crippen LogP contribution in [0.1, 0.15) is 36.5 Å². The van der Waals surface area contributed by atoms with E-state index in [1.54, 1.807) is 36.9 Å². The van der Waals surface area contributed by atoms with Crippen molar-refractivity contribution in [3.05, 3.63) is 160 Å². The molecular formula is C38H32N4O6. The van der Waals surface area contributed by atoms with Crippen LogP contribution < -0.4 is 0 Å². The van der Waals surface area contributed by atoms with Gasteiger partial charge in [-0.1, -0.05) is 78.9 Å². The molecule has 10 heteroatoms. The molecule has 2 atom stereocenters. The minimum absolute atomic E-state index is 0.0213. The maximum absolute atomic E-state index is 14.1. The fourth-order valence-corrected chi connectivity index (χ4v) is 5.86. The van der Waals surface area contributed by atoms with E-state index in [9.17, 15) is 19.7 Å². The summed E-state index contributed by atoms with van der Waals surface area (Å²) in [5, 5.41) is 16.4. The third-order valence-electron chi connectivity index (χ3n) is 8.19. The standard InChI is InChI=1S/C38H32N4O6/c1-25-33(37(43)47-23-27-12-6-3-7-13-27)35(34(26(2)39-25)38(44)48-24-28-14-8-4-9-15-28)32-22-41(30-16-10-5-11-17-30)40-36(32)29-18-20-31(21-19-29)42(45)46/h3-22,33,35H,23-24H2,1-2H3. The van der Waals surface area contributed by atoms with Crippen molar-refractivity contribution < 1.29 is 24.0 Å².